The molecule has 0 aromatic heterocycles. The SMILES string of the molecule is CC(C)(C)[C@H]1CC(=O)C[C@H](Sc2ccccc2)C1. The molecule has 1 aromatic rings. The molecule has 1 saturated carbocycles. The molecule has 2 heteroatoms. The highest BCUT2D eigenvalue weighted by Gasteiger charge is 2.34. The van der Waals surface area contributed by atoms with Crippen molar-refractivity contribution in [2.45, 2.75) is 50.2 Å². The molecule has 2 rings (SSSR count). The fourth-order valence-electron chi connectivity index (χ4n) is 2.54. The molecule has 0 radical (unpaired) electrons. The van der Waals surface area contributed by atoms with E-state index in [4.69, 9.17) is 0 Å². The van der Waals surface area contributed by atoms with Crippen molar-refractivity contribution in [2.24, 2.45) is 11.3 Å². The summed E-state index contributed by atoms with van der Waals surface area (Å²) in [6.07, 6.45) is 2.68. The van der Waals surface area contributed by atoms with E-state index in [1.807, 2.05) is 17.8 Å². The Labute approximate surface area is 114 Å². The number of hydrogen-bond acceptors (Lipinski definition) is 2. The van der Waals surface area contributed by atoms with Crippen molar-refractivity contribution < 1.29 is 4.79 Å². The molecular formula is C16H22OS. The van der Waals surface area contributed by atoms with Gasteiger partial charge in [-0.2, -0.15) is 0 Å². The van der Waals surface area contributed by atoms with E-state index in [-0.39, 0.29) is 5.41 Å². The summed E-state index contributed by atoms with van der Waals surface area (Å²) in [6.45, 7) is 6.75. The van der Waals surface area contributed by atoms with Gasteiger partial charge in [-0.25, -0.2) is 0 Å². The molecule has 2 atom stereocenters. The predicted octanol–water partition coefficient (Wildman–Crippen LogP) is 4.56. The lowest BCUT2D eigenvalue weighted by Gasteiger charge is -2.36. The van der Waals surface area contributed by atoms with E-state index in [2.05, 4.69) is 45.0 Å². The molecule has 0 heterocycles. The largest absolute Gasteiger partial charge is 0.300 e. The van der Waals surface area contributed by atoms with Crippen molar-refractivity contribution in [1.29, 1.82) is 0 Å². The Morgan fingerprint density at radius 1 is 1.11 bits per heavy atom. The van der Waals surface area contributed by atoms with Gasteiger partial charge in [0.2, 0.25) is 0 Å². The van der Waals surface area contributed by atoms with Crippen LogP contribution < -0.4 is 0 Å². The van der Waals surface area contributed by atoms with Gasteiger partial charge in [0.1, 0.15) is 5.78 Å². The highest BCUT2D eigenvalue weighted by atomic mass is 32.2. The second kappa shape index (κ2) is 5.48. The zero-order valence-electron chi connectivity index (χ0n) is 11.5. The number of hydrogen-bond donors (Lipinski definition) is 0. The first-order chi connectivity index (χ1) is 8.45. The Balaban J connectivity index is 2.03. The molecule has 1 fully saturated rings. The lowest BCUT2D eigenvalue weighted by atomic mass is 9.72. The fraction of sp³-hybridized carbons (Fsp3) is 0.562. The molecule has 0 N–H and O–H groups in total. The molecule has 1 nitrogen and oxygen atoms in total. The first kappa shape index (κ1) is 13.7. The standard InChI is InChI=1S/C16H22OS/c1-16(2,3)12-9-13(17)11-15(10-12)18-14-7-5-4-6-8-14/h4-8,12,15H,9-11H2,1-3H3/t12-,15+/m0/s1. The lowest BCUT2D eigenvalue weighted by Crippen LogP contribution is -2.32. The third-order valence-corrected chi connectivity index (χ3v) is 4.98. The Bertz CT molecular complexity index is 405. The summed E-state index contributed by atoms with van der Waals surface area (Å²) >= 11 is 1.87. The van der Waals surface area contributed by atoms with E-state index < -0.39 is 0 Å². The van der Waals surface area contributed by atoms with Crippen LogP contribution in [0.1, 0.15) is 40.0 Å². The summed E-state index contributed by atoms with van der Waals surface area (Å²) in [4.78, 5) is 13.2. The van der Waals surface area contributed by atoms with Crippen molar-refractivity contribution in [2.75, 3.05) is 0 Å². The molecular weight excluding hydrogens is 240 g/mol. The van der Waals surface area contributed by atoms with Crippen molar-refractivity contribution in [3.63, 3.8) is 0 Å². The molecule has 1 aromatic carbocycles. The Hall–Kier alpha value is -0.760. The Morgan fingerprint density at radius 3 is 2.39 bits per heavy atom. The van der Waals surface area contributed by atoms with Crippen molar-refractivity contribution in [3.05, 3.63) is 30.3 Å². The number of thioether (sulfide) groups is 1. The van der Waals surface area contributed by atoms with Gasteiger partial charge >= 0.3 is 0 Å². The lowest BCUT2D eigenvalue weighted by molar-refractivity contribution is -0.122. The molecule has 0 amide bonds. The van der Waals surface area contributed by atoms with E-state index >= 15 is 0 Å². The van der Waals surface area contributed by atoms with Crippen LogP contribution in [-0.2, 0) is 4.79 Å². The van der Waals surface area contributed by atoms with Gasteiger partial charge in [-0.15, -0.1) is 11.8 Å². The maximum absolute atomic E-state index is 11.9. The Morgan fingerprint density at radius 2 is 1.78 bits per heavy atom. The third-order valence-electron chi connectivity index (χ3n) is 3.75. The zero-order chi connectivity index (χ0) is 13.2. The summed E-state index contributed by atoms with van der Waals surface area (Å²) in [5, 5.41) is 0.456. The van der Waals surface area contributed by atoms with Crippen LogP contribution in [0.4, 0.5) is 0 Å². The van der Waals surface area contributed by atoms with E-state index in [9.17, 15) is 4.79 Å². The Kier molecular flexibility index (Phi) is 4.16. The second-order valence-electron chi connectivity index (χ2n) is 6.30. The average Bonchev–Trinajstić information content (AvgIpc) is 2.28. The minimum absolute atomic E-state index is 0.242. The highest BCUT2D eigenvalue weighted by molar-refractivity contribution is 8.00. The monoisotopic (exact) mass is 262 g/mol. The van der Waals surface area contributed by atoms with Gasteiger partial charge in [-0.1, -0.05) is 39.0 Å². The van der Waals surface area contributed by atoms with Crippen LogP contribution in [0.25, 0.3) is 0 Å². The van der Waals surface area contributed by atoms with Crippen LogP contribution in [0, 0.1) is 11.3 Å². The number of Topliss-reactive ketones (excluding diaryl/α,β-unsaturated/α-hetero) is 1. The van der Waals surface area contributed by atoms with E-state index in [0.717, 1.165) is 19.3 Å². The minimum atomic E-state index is 0.242. The third kappa shape index (κ3) is 3.61. The van der Waals surface area contributed by atoms with Gasteiger partial charge in [0.15, 0.2) is 0 Å². The summed E-state index contributed by atoms with van der Waals surface area (Å²) in [6, 6.07) is 10.4. The van der Waals surface area contributed by atoms with Gasteiger partial charge in [-0.05, 0) is 29.9 Å². The number of carbonyl (C=O) groups excluding carboxylic acids is 1. The van der Waals surface area contributed by atoms with E-state index in [1.54, 1.807) is 0 Å². The van der Waals surface area contributed by atoms with Crippen molar-refractivity contribution >= 4 is 17.5 Å². The number of ketones is 1. The molecule has 18 heavy (non-hydrogen) atoms. The molecule has 0 aliphatic heterocycles. The highest BCUT2D eigenvalue weighted by Crippen LogP contribution is 2.41. The van der Waals surface area contributed by atoms with E-state index in [1.165, 1.54) is 4.90 Å². The van der Waals surface area contributed by atoms with Gasteiger partial charge < -0.3 is 0 Å². The molecule has 98 valence electrons. The van der Waals surface area contributed by atoms with Crippen LogP contribution in [0.3, 0.4) is 0 Å². The summed E-state index contributed by atoms with van der Waals surface area (Å²) in [5.41, 5.74) is 0.242. The van der Waals surface area contributed by atoms with Crippen LogP contribution in [0.2, 0.25) is 0 Å². The normalized spacial score (nSPS) is 25.2. The first-order valence-corrected chi connectivity index (χ1v) is 7.56. The molecule has 0 saturated heterocycles. The maximum atomic E-state index is 11.9. The number of benzene rings is 1. The van der Waals surface area contributed by atoms with Crippen LogP contribution in [-0.4, -0.2) is 11.0 Å². The number of carbonyl (C=O) groups is 1. The predicted molar refractivity (Wildman–Crippen MR) is 77.9 cm³/mol. The van der Waals surface area contributed by atoms with Crippen molar-refractivity contribution in [3.8, 4) is 0 Å². The molecule has 1 aliphatic rings. The summed E-state index contributed by atoms with van der Waals surface area (Å²) in [7, 11) is 0. The molecule has 0 bridgehead atoms. The smallest absolute Gasteiger partial charge is 0.134 e. The second-order valence-corrected chi connectivity index (χ2v) is 7.67. The summed E-state index contributed by atoms with van der Waals surface area (Å²) < 4.78 is 0. The van der Waals surface area contributed by atoms with Crippen molar-refractivity contribution in [1.82, 2.24) is 0 Å². The quantitative estimate of drug-likeness (QED) is 0.777. The van der Waals surface area contributed by atoms with Crippen LogP contribution >= 0.6 is 11.8 Å². The first-order valence-electron chi connectivity index (χ1n) is 6.68. The summed E-state index contributed by atoms with van der Waals surface area (Å²) in [5.74, 6) is 0.967. The topological polar surface area (TPSA) is 17.1 Å². The van der Waals surface area contributed by atoms with Crippen LogP contribution in [0.15, 0.2) is 35.2 Å². The average molecular weight is 262 g/mol. The zero-order valence-corrected chi connectivity index (χ0v) is 12.3. The maximum Gasteiger partial charge on any atom is 0.134 e. The van der Waals surface area contributed by atoms with E-state index in [0.29, 0.717) is 17.0 Å². The van der Waals surface area contributed by atoms with Crippen LogP contribution in [0.5, 0.6) is 0 Å². The number of rotatable bonds is 2. The molecule has 0 unspecified atom stereocenters. The fourth-order valence-corrected chi connectivity index (χ4v) is 3.83. The van der Waals surface area contributed by atoms with Gasteiger partial charge in [-0.3, -0.25) is 4.79 Å². The minimum Gasteiger partial charge on any atom is -0.300 e. The van der Waals surface area contributed by atoms with Gasteiger partial charge in [0.25, 0.3) is 0 Å². The molecule has 1 aliphatic carbocycles. The molecule has 0 spiro atoms. The van der Waals surface area contributed by atoms with Gasteiger partial charge in [0, 0.05) is 23.0 Å². The van der Waals surface area contributed by atoms with Gasteiger partial charge in [0.05, 0.1) is 0 Å².